The molecule has 2 aromatic rings. The van der Waals surface area contributed by atoms with E-state index in [-0.39, 0.29) is 18.3 Å². The lowest BCUT2D eigenvalue weighted by Crippen LogP contribution is -2.40. The molecule has 2 N–H and O–H groups in total. The smallest absolute Gasteiger partial charge is 0.374 e. The second-order valence-electron chi connectivity index (χ2n) is 7.78. The molecule has 1 heterocycles. The van der Waals surface area contributed by atoms with Crippen molar-refractivity contribution in [3.05, 3.63) is 59.2 Å². The van der Waals surface area contributed by atoms with Gasteiger partial charge in [-0.15, -0.1) is 0 Å². The summed E-state index contributed by atoms with van der Waals surface area (Å²) in [7, 11) is 5.79. The topological polar surface area (TPSA) is 64.7 Å². The Balaban J connectivity index is 1.63. The Morgan fingerprint density at radius 1 is 1.13 bits per heavy atom. The Kier molecular flexibility index (Phi) is 6.54. The van der Waals surface area contributed by atoms with Crippen LogP contribution in [-0.2, 0) is 22.2 Å². The fourth-order valence-electron chi connectivity index (χ4n) is 3.62. The molecule has 1 aliphatic heterocycles. The number of anilines is 2. The van der Waals surface area contributed by atoms with Crippen molar-refractivity contribution in [2.75, 3.05) is 44.4 Å². The third-order valence-corrected chi connectivity index (χ3v) is 5.35. The average molecular weight is 434 g/mol. The average Bonchev–Trinajstić information content (AvgIpc) is 3.07. The number of carbonyl (C=O) groups excluding carboxylic acids is 2. The van der Waals surface area contributed by atoms with Gasteiger partial charge in [-0.25, -0.2) is 0 Å². The van der Waals surface area contributed by atoms with Gasteiger partial charge in [0.15, 0.2) is 0 Å². The number of rotatable bonds is 5. The van der Waals surface area contributed by atoms with Crippen LogP contribution in [0.5, 0.6) is 0 Å². The molecule has 31 heavy (non-hydrogen) atoms. The van der Waals surface area contributed by atoms with Crippen molar-refractivity contribution in [1.82, 2.24) is 10.2 Å². The van der Waals surface area contributed by atoms with Crippen molar-refractivity contribution in [3.8, 4) is 0 Å². The molecule has 1 atom stereocenters. The van der Waals surface area contributed by atoms with E-state index in [1.54, 1.807) is 0 Å². The highest BCUT2D eigenvalue weighted by Gasteiger charge is 2.30. The molecule has 9 heteroatoms. The van der Waals surface area contributed by atoms with E-state index < -0.39 is 23.6 Å². The monoisotopic (exact) mass is 434 g/mol. The molecule has 0 radical (unpaired) electrons. The van der Waals surface area contributed by atoms with E-state index in [9.17, 15) is 22.8 Å². The third kappa shape index (κ3) is 5.35. The minimum Gasteiger partial charge on any atom is -0.374 e. The normalized spacial score (nSPS) is 14.4. The summed E-state index contributed by atoms with van der Waals surface area (Å²) in [5.41, 5.74) is 2.44. The van der Waals surface area contributed by atoms with E-state index in [0.29, 0.717) is 0 Å². The van der Waals surface area contributed by atoms with E-state index in [1.807, 2.05) is 32.1 Å². The highest BCUT2D eigenvalue weighted by atomic mass is 19.4. The lowest BCUT2D eigenvalue weighted by molar-refractivity contribution is -0.137. The second kappa shape index (κ2) is 8.97. The predicted octanol–water partition coefficient (Wildman–Crippen LogP) is 3.06. The van der Waals surface area contributed by atoms with Gasteiger partial charge in [0.1, 0.15) is 0 Å². The number of carbonyl (C=O) groups is 2. The Morgan fingerprint density at radius 2 is 1.87 bits per heavy atom. The van der Waals surface area contributed by atoms with Crippen LogP contribution in [0, 0.1) is 0 Å². The van der Waals surface area contributed by atoms with Gasteiger partial charge in [0.2, 0.25) is 0 Å². The zero-order valence-corrected chi connectivity index (χ0v) is 17.6. The van der Waals surface area contributed by atoms with Crippen LogP contribution in [0.1, 0.15) is 22.7 Å². The second-order valence-corrected chi connectivity index (χ2v) is 7.78. The Morgan fingerprint density at radius 3 is 2.55 bits per heavy atom. The quantitative estimate of drug-likeness (QED) is 0.710. The van der Waals surface area contributed by atoms with E-state index in [2.05, 4.69) is 27.7 Å². The number of likely N-dealkylation sites (N-methyl/N-ethyl adjacent to an activating group) is 2. The Hall–Kier alpha value is -3.07. The van der Waals surface area contributed by atoms with Gasteiger partial charge in [-0.1, -0.05) is 18.2 Å². The number of alkyl halides is 3. The molecular formula is C22H25F3N4O2. The summed E-state index contributed by atoms with van der Waals surface area (Å²) >= 11 is 0. The van der Waals surface area contributed by atoms with Crippen molar-refractivity contribution in [1.29, 1.82) is 0 Å². The van der Waals surface area contributed by atoms with Crippen LogP contribution in [0.15, 0.2) is 42.5 Å². The molecule has 6 nitrogen and oxygen atoms in total. The van der Waals surface area contributed by atoms with Crippen molar-refractivity contribution < 1.29 is 22.8 Å². The van der Waals surface area contributed by atoms with E-state index in [0.717, 1.165) is 30.7 Å². The van der Waals surface area contributed by atoms with Gasteiger partial charge in [-0.2, -0.15) is 13.2 Å². The number of fused-ring (bicyclic) bond motifs is 1. The summed E-state index contributed by atoms with van der Waals surface area (Å²) in [6.45, 7) is 1.13. The van der Waals surface area contributed by atoms with E-state index in [4.69, 9.17) is 0 Å². The van der Waals surface area contributed by atoms with Gasteiger partial charge in [0, 0.05) is 31.5 Å². The molecule has 1 aliphatic rings. The zero-order chi connectivity index (χ0) is 22.8. The van der Waals surface area contributed by atoms with Gasteiger partial charge in [-0.3, -0.25) is 9.59 Å². The van der Waals surface area contributed by atoms with Crippen LogP contribution in [0.25, 0.3) is 0 Å². The molecule has 0 aliphatic carbocycles. The molecular weight excluding hydrogens is 409 g/mol. The molecule has 0 spiro atoms. The summed E-state index contributed by atoms with van der Waals surface area (Å²) in [6.07, 6.45) is -3.59. The summed E-state index contributed by atoms with van der Waals surface area (Å²) < 4.78 is 38.4. The number of amides is 2. The molecule has 0 bridgehead atoms. The molecule has 0 fully saturated rings. The van der Waals surface area contributed by atoms with E-state index >= 15 is 0 Å². The van der Waals surface area contributed by atoms with Gasteiger partial charge in [0.25, 0.3) is 0 Å². The largest absolute Gasteiger partial charge is 0.416 e. The molecule has 0 aromatic heterocycles. The van der Waals surface area contributed by atoms with Crippen LogP contribution in [0.2, 0.25) is 0 Å². The zero-order valence-electron chi connectivity index (χ0n) is 17.6. The third-order valence-electron chi connectivity index (χ3n) is 5.35. The van der Waals surface area contributed by atoms with Gasteiger partial charge in [-0.05, 0) is 55.9 Å². The minimum atomic E-state index is -4.54. The maximum atomic E-state index is 12.8. The first-order valence-corrected chi connectivity index (χ1v) is 9.83. The van der Waals surface area contributed by atoms with Crippen LogP contribution < -0.4 is 15.5 Å². The molecule has 2 aromatic carbocycles. The van der Waals surface area contributed by atoms with Crippen LogP contribution >= 0.6 is 0 Å². The number of benzene rings is 2. The van der Waals surface area contributed by atoms with Crippen LogP contribution in [0.4, 0.5) is 24.5 Å². The summed E-state index contributed by atoms with van der Waals surface area (Å²) in [5, 5.41) is 4.79. The first-order chi connectivity index (χ1) is 14.6. The molecule has 3 rings (SSSR count). The standard InChI is InChI=1S/C22H25F3N4O2/c1-28(2)19(14-7-8-18-15(11-14)9-10-29(18)3)13-26-20(30)21(31)27-17-6-4-5-16(12-17)22(23,24)25/h4-8,11-12,19H,9-10,13H2,1-3H3,(H,26,30)(H,27,31)/t19-/m1/s1. The van der Waals surface area contributed by atoms with Crippen molar-refractivity contribution in [2.45, 2.75) is 18.6 Å². The lowest BCUT2D eigenvalue weighted by atomic mass is 10.0. The van der Waals surface area contributed by atoms with Gasteiger partial charge in [0.05, 0.1) is 11.6 Å². The molecule has 0 saturated carbocycles. The first kappa shape index (κ1) is 22.6. The number of nitrogens with one attached hydrogen (secondary N) is 2. The molecule has 0 unspecified atom stereocenters. The fourth-order valence-corrected chi connectivity index (χ4v) is 3.62. The van der Waals surface area contributed by atoms with E-state index in [1.165, 1.54) is 23.4 Å². The number of hydrogen-bond donors (Lipinski definition) is 2. The summed E-state index contributed by atoms with van der Waals surface area (Å²) in [4.78, 5) is 28.5. The molecule has 166 valence electrons. The van der Waals surface area contributed by atoms with Crippen LogP contribution in [0.3, 0.4) is 0 Å². The Labute approximate surface area is 179 Å². The fraction of sp³-hybridized carbons (Fsp3) is 0.364. The number of nitrogens with zero attached hydrogens (tertiary/aromatic N) is 2. The molecule has 2 amide bonds. The van der Waals surface area contributed by atoms with Crippen molar-refractivity contribution in [3.63, 3.8) is 0 Å². The van der Waals surface area contributed by atoms with Gasteiger partial charge < -0.3 is 20.4 Å². The van der Waals surface area contributed by atoms with Gasteiger partial charge >= 0.3 is 18.0 Å². The summed E-state index contributed by atoms with van der Waals surface area (Å²) in [5.74, 6) is -1.93. The number of hydrogen-bond acceptors (Lipinski definition) is 4. The SMILES string of the molecule is CN1CCc2cc([C@@H](CNC(=O)C(=O)Nc3cccc(C(F)(F)F)c3)N(C)C)ccc21. The maximum absolute atomic E-state index is 12.8. The maximum Gasteiger partial charge on any atom is 0.416 e. The predicted molar refractivity (Wildman–Crippen MR) is 113 cm³/mol. The number of halogens is 3. The van der Waals surface area contributed by atoms with Crippen LogP contribution in [-0.4, -0.2) is 50.9 Å². The molecule has 0 saturated heterocycles. The first-order valence-electron chi connectivity index (χ1n) is 9.83. The Bertz CT molecular complexity index is 975. The lowest BCUT2D eigenvalue weighted by Gasteiger charge is -2.26. The highest BCUT2D eigenvalue weighted by Crippen LogP contribution is 2.31. The van der Waals surface area contributed by atoms with Crippen molar-refractivity contribution in [2.24, 2.45) is 0 Å². The summed E-state index contributed by atoms with van der Waals surface area (Å²) in [6, 6.07) is 10.1. The van der Waals surface area contributed by atoms with Crippen molar-refractivity contribution >= 4 is 23.2 Å². The minimum absolute atomic E-state index is 0.0955. The highest BCUT2D eigenvalue weighted by molar-refractivity contribution is 6.39.